The lowest BCUT2D eigenvalue weighted by atomic mass is 10.2. The number of carbonyl (C=O) groups excluding carboxylic acids is 1. The van der Waals surface area contributed by atoms with Gasteiger partial charge in [-0.3, -0.25) is 0 Å². The third-order valence-corrected chi connectivity index (χ3v) is 4.45. The molecule has 0 saturated carbocycles. The van der Waals surface area contributed by atoms with Crippen molar-refractivity contribution in [1.29, 1.82) is 0 Å². The molecular weight excluding hydrogens is 298 g/mol. The molecule has 126 valence electrons. The largest absolute Gasteiger partial charge is 0.444 e. The fraction of sp³-hybridized carbons (Fsp3) is 0.750. The van der Waals surface area contributed by atoms with Gasteiger partial charge in [-0.2, -0.15) is 0 Å². The quantitative estimate of drug-likeness (QED) is 0.866. The van der Waals surface area contributed by atoms with Gasteiger partial charge >= 0.3 is 6.09 Å². The number of nitrogens with one attached hydrogen (secondary N) is 1. The number of likely N-dealkylation sites (N-methyl/N-ethyl adjacent to an activating group) is 1. The Morgan fingerprint density at radius 1 is 1.41 bits per heavy atom. The Kier molecular flexibility index (Phi) is 6.81. The van der Waals surface area contributed by atoms with Crippen LogP contribution in [0.25, 0.3) is 0 Å². The van der Waals surface area contributed by atoms with E-state index in [0.717, 1.165) is 17.2 Å². The van der Waals surface area contributed by atoms with Crippen LogP contribution in [-0.2, 0) is 4.74 Å². The summed E-state index contributed by atoms with van der Waals surface area (Å²) in [5.74, 6) is 0. The third kappa shape index (κ3) is 5.93. The summed E-state index contributed by atoms with van der Waals surface area (Å²) in [4.78, 5) is 19.5. The van der Waals surface area contributed by atoms with Crippen molar-refractivity contribution in [3.8, 4) is 0 Å². The van der Waals surface area contributed by atoms with Crippen molar-refractivity contribution in [2.24, 2.45) is 0 Å². The van der Waals surface area contributed by atoms with E-state index in [4.69, 9.17) is 4.74 Å². The maximum atomic E-state index is 12.1. The van der Waals surface area contributed by atoms with E-state index in [2.05, 4.69) is 17.2 Å². The number of hydrogen-bond acceptors (Lipinski definition) is 5. The molecule has 1 aromatic heterocycles. The molecule has 0 radical (unpaired) electrons. The molecule has 1 heterocycles. The summed E-state index contributed by atoms with van der Waals surface area (Å²) in [5.41, 5.74) is 0.629. The topological polar surface area (TPSA) is 54.5 Å². The van der Waals surface area contributed by atoms with E-state index < -0.39 is 5.60 Å². The van der Waals surface area contributed by atoms with Crippen LogP contribution in [0.1, 0.15) is 56.2 Å². The summed E-state index contributed by atoms with van der Waals surface area (Å²) in [7, 11) is 0. The van der Waals surface area contributed by atoms with E-state index in [9.17, 15) is 4.79 Å². The number of nitrogens with zero attached hydrogens (tertiary/aromatic N) is 2. The second-order valence-electron chi connectivity index (χ2n) is 6.42. The average molecular weight is 327 g/mol. The van der Waals surface area contributed by atoms with Crippen LogP contribution < -0.4 is 5.32 Å². The molecule has 0 aliphatic rings. The van der Waals surface area contributed by atoms with Gasteiger partial charge in [0.15, 0.2) is 0 Å². The van der Waals surface area contributed by atoms with Gasteiger partial charge in [0, 0.05) is 30.6 Å². The van der Waals surface area contributed by atoms with Crippen molar-refractivity contribution in [2.75, 3.05) is 19.6 Å². The SMILES string of the molecule is CCN(CCNC(C)c1sc(C)nc1C)C(=O)OC(C)(C)C. The first-order valence-electron chi connectivity index (χ1n) is 7.79. The summed E-state index contributed by atoms with van der Waals surface area (Å²) in [6.45, 7) is 15.8. The van der Waals surface area contributed by atoms with Gasteiger partial charge in [-0.1, -0.05) is 0 Å². The van der Waals surface area contributed by atoms with E-state index in [1.807, 2.05) is 41.5 Å². The lowest BCUT2D eigenvalue weighted by molar-refractivity contribution is 0.0261. The zero-order chi connectivity index (χ0) is 16.9. The molecule has 0 fully saturated rings. The van der Waals surface area contributed by atoms with Crippen LogP contribution in [0.5, 0.6) is 0 Å². The molecule has 5 nitrogen and oxygen atoms in total. The van der Waals surface area contributed by atoms with Crippen molar-refractivity contribution in [3.05, 3.63) is 15.6 Å². The zero-order valence-corrected chi connectivity index (χ0v) is 15.6. The summed E-state index contributed by atoms with van der Waals surface area (Å²) in [5, 5.41) is 4.54. The van der Waals surface area contributed by atoms with Crippen LogP contribution in [0.3, 0.4) is 0 Å². The van der Waals surface area contributed by atoms with Crippen LogP contribution in [0.15, 0.2) is 0 Å². The van der Waals surface area contributed by atoms with Crippen LogP contribution in [0.2, 0.25) is 0 Å². The van der Waals surface area contributed by atoms with Crippen LogP contribution in [0, 0.1) is 13.8 Å². The molecular formula is C16H29N3O2S. The van der Waals surface area contributed by atoms with Crippen molar-refractivity contribution < 1.29 is 9.53 Å². The van der Waals surface area contributed by atoms with Gasteiger partial charge in [-0.15, -0.1) is 11.3 Å². The monoisotopic (exact) mass is 327 g/mol. The number of rotatable bonds is 6. The van der Waals surface area contributed by atoms with Crippen molar-refractivity contribution >= 4 is 17.4 Å². The Morgan fingerprint density at radius 3 is 2.50 bits per heavy atom. The smallest absolute Gasteiger partial charge is 0.410 e. The van der Waals surface area contributed by atoms with Gasteiger partial charge in [0.1, 0.15) is 5.60 Å². The Morgan fingerprint density at radius 2 is 2.05 bits per heavy atom. The van der Waals surface area contributed by atoms with E-state index in [1.165, 1.54) is 4.88 Å². The predicted octanol–water partition coefficient (Wildman–Crippen LogP) is 3.67. The molecule has 1 unspecified atom stereocenters. The maximum absolute atomic E-state index is 12.1. The standard InChI is InChI=1S/C16H29N3O2S/c1-8-19(15(20)21-16(5,6)7)10-9-17-11(2)14-12(3)18-13(4)22-14/h11,17H,8-10H2,1-7H3. The predicted molar refractivity (Wildman–Crippen MR) is 91.5 cm³/mol. The minimum atomic E-state index is -0.456. The molecule has 22 heavy (non-hydrogen) atoms. The Balaban J connectivity index is 2.47. The summed E-state index contributed by atoms with van der Waals surface area (Å²) >= 11 is 1.72. The summed E-state index contributed by atoms with van der Waals surface area (Å²) in [6, 6.07) is 0.239. The molecule has 0 bridgehead atoms. The van der Waals surface area contributed by atoms with Gasteiger partial charge in [0.25, 0.3) is 0 Å². The first kappa shape index (κ1) is 18.9. The van der Waals surface area contributed by atoms with Gasteiger partial charge in [0.05, 0.1) is 10.7 Å². The molecule has 0 aliphatic heterocycles. The second-order valence-corrected chi connectivity index (χ2v) is 7.65. The lowest BCUT2D eigenvalue weighted by Gasteiger charge is -2.27. The first-order chi connectivity index (χ1) is 10.1. The van der Waals surface area contributed by atoms with Gasteiger partial charge in [-0.05, 0) is 48.5 Å². The fourth-order valence-corrected chi connectivity index (χ4v) is 3.12. The highest BCUT2D eigenvalue weighted by Gasteiger charge is 2.21. The number of amides is 1. The lowest BCUT2D eigenvalue weighted by Crippen LogP contribution is -2.40. The number of thiazole rings is 1. The van der Waals surface area contributed by atoms with Crippen molar-refractivity contribution in [3.63, 3.8) is 0 Å². The average Bonchev–Trinajstić information content (AvgIpc) is 2.71. The third-order valence-electron chi connectivity index (χ3n) is 3.20. The highest BCUT2D eigenvalue weighted by molar-refractivity contribution is 7.11. The zero-order valence-electron chi connectivity index (χ0n) is 14.8. The van der Waals surface area contributed by atoms with E-state index >= 15 is 0 Å². The maximum Gasteiger partial charge on any atom is 0.410 e. The molecule has 1 N–H and O–H groups in total. The molecule has 1 amide bonds. The number of hydrogen-bond donors (Lipinski definition) is 1. The van der Waals surface area contributed by atoms with Gasteiger partial charge in [0.2, 0.25) is 0 Å². The molecule has 0 aliphatic carbocycles. The normalized spacial score (nSPS) is 13.0. The van der Waals surface area contributed by atoms with E-state index in [0.29, 0.717) is 13.1 Å². The number of ether oxygens (including phenoxy) is 1. The summed E-state index contributed by atoms with van der Waals surface area (Å²) < 4.78 is 5.41. The van der Waals surface area contributed by atoms with Gasteiger partial charge in [-0.25, -0.2) is 9.78 Å². The molecule has 1 aromatic rings. The van der Waals surface area contributed by atoms with Crippen LogP contribution >= 0.6 is 11.3 Å². The van der Waals surface area contributed by atoms with E-state index in [1.54, 1.807) is 16.2 Å². The number of aryl methyl sites for hydroxylation is 2. The molecule has 0 saturated heterocycles. The highest BCUT2D eigenvalue weighted by atomic mass is 32.1. The molecule has 1 rings (SSSR count). The Labute approximate surface area is 138 Å². The van der Waals surface area contributed by atoms with Crippen LogP contribution in [0.4, 0.5) is 4.79 Å². The van der Waals surface area contributed by atoms with Gasteiger partial charge < -0.3 is 15.0 Å². The Hall–Kier alpha value is -1.14. The summed E-state index contributed by atoms with van der Waals surface area (Å²) in [6.07, 6.45) is -0.255. The molecule has 6 heteroatoms. The fourth-order valence-electron chi connectivity index (χ4n) is 2.16. The number of aromatic nitrogens is 1. The Bertz CT molecular complexity index is 494. The number of carbonyl (C=O) groups is 1. The molecule has 0 spiro atoms. The van der Waals surface area contributed by atoms with E-state index in [-0.39, 0.29) is 12.1 Å². The minimum Gasteiger partial charge on any atom is -0.444 e. The molecule has 1 atom stereocenters. The second kappa shape index (κ2) is 7.92. The highest BCUT2D eigenvalue weighted by Crippen LogP contribution is 2.24. The minimum absolute atomic E-state index is 0.239. The first-order valence-corrected chi connectivity index (χ1v) is 8.61. The van der Waals surface area contributed by atoms with Crippen molar-refractivity contribution in [2.45, 2.75) is 60.1 Å². The molecule has 0 aromatic carbocycles. The van der Waals surface area contributed by atoms with Crippen molar-refractivity contribution in [1.82, 2.24) is 15.2 Å². The van der Waals surface area contributed by atoms with Crippen LogP contribution in [-0.4, -0.2) is 41.2 Å².